The lowest BCUT2D eigenvalue weighted by atomic mass is 10.1. The van der Waals surface area contributed by atoms with Crippen molar-refractivity contribution < 1.29 is 13.2 Å². The number of nitrogens with two attached hydrogens (primary N) is 1. The van der Waals surface area contributed by atoms with E-state index >= 15 is 0 Å². The number of benzene rings is 1. The Morgan fingerprint density at radius 3 is 2.77 bits per heavy atom. The Morgan fingerprint density at radius 1 is 1.35 bits per heavy atom. The molecule has 0 spiro atoms. The van der Waals surface area contributed by atoms with Gasteiger partial charge in [0.25, 0.3) is 0 Å². The molecule has 1 saturated heterocycles. The van der Waals surface area contributed by atoms with E-state index in [-0.39, 0.29) is 27.9 Å². The molecule has 0 radical (unpaired) electrons. The minimum absolute atomic E-state index is 0. The molecule has 1 aromatic carbocycles. The first-order chi connectivity index (χ1) is 11.9. The minimum Gasteiger partial charge on any atom is -0.366 e. The molecule has 1 amide bonds. The third-order valence-corrected chi connectivity index (χ3v) is 6.13. The number of aromatic nitrogens is 1. The van der Waals surface area contributed by atoms with Crippen LogP contribution in [0, 0.1) is 0 Å². The number of nitrogens with zero attached hydrogens (tertiary/aromatic N) is 2. The molecule has 10 heteroatoms. The molecule has 1 atom stereocenters. The van der Waals surface area contributed by atoms with E-state index in [1.165, 1.54) is 22.5 Å². The first-order valence-electron chi connectivity index (χ1n) is 7.62. The van der Waals surface area contributed by atoms with E-state index in [1.54, 1.807) is 18.5 Å². The maximum atomic E-state index is 13.2. The van der Waals surface area contributed by atoms with Gasteiger partial charge in [-0.3, -0.25) is 9.78 Å². The largest absolute Gasteiger partial charge is 0.366 e. The fourth-order valence-corrected chi connectivity index (χ4v) is 4.81. The van der Waals surface area contributed by atoms with Crippen molar-refractivity contribution in [2.24, 2.45) is 5.73 Å². The Labute approximate surface area is 163 Å². The van der Waals surface area contributed by atoms with Gasteiger partial charge in [-0.2, -0.15) is 4.31 Å². The third-order valence-electron chi connectivity index (χ3n) is 4.03. The van der Waals surface area contributed by atoms with Crippen molar-refractivity contribution in [1.82, 2.24) is 14.6 Å². The molecular formula is C16H18Cl2N4O3S. The number of hydrogen-bond acceptors (Lipinski definition) is 5. The fraction of sp³-hybridized carbons (Fsp3) is 0.250. The highest BCUT2D eigenvalue weighted by Gasteiger charge is 2.35. The normalized spacial score (nSPS) is 18.1. The van der Waals surface area contributed by atoms with Crippen LogP contribution in [0.2, 0.25) is 5.02 Å². The molecule has 140 valence electrons. The molecule has 3 rings (SSSR count). The number of amides is 1. The van der Waals surface area contributed by atoms with Gasteiger partial charge in [0.15, 0.2) is 0 Å². The topological polar surface area (TPSA) is 105 Å². The summed E-state index contributed by atoms with van der Waals surface area (Å²) in [5.74, 6) is -0.733. The highest BCUT2D eigenvalue weighted by Crippen LogP contribution is 2.30. The first kappa shape index (κ1) is 20.6. The van der Waals surface area contributed by atoms with Crippen molar-refractivity contribution in [3.8, 4) is 0 Å². The number of carbonyl (C=O) groups excluding carboxylic acids is 1. The molecule has 7 nitrogen and oxygen atoms in total. The molecular weight excluding hydrogens is 399 g/mol. The summed E-state index contributed by atoms with van der Waals surface area (Å²) in [7, 11) is -3.86. The van der Waals surface area contributed by atoms with Crippen LogP contribution in [0.4, 0.5) is 0 Å². The van der Waals surface area contributed by atoms with Gasteiger partial charge in [-0.05, 0) is 29.8 Å². The first-order valence-corrected chi connectivity index (χ1v) is 9.44. The lowest BCUT2D eigenvalue weighted by Gasteiger charge is -2.35. The molecule has 1 aliphatic heterocycles. The number of pyridine rings is 1. The van der Waals surface area contributed by atoms with Gasteiger partial charge in [0, 0.05) is 42.6 Å². The van der Waals surface area contributed by atoms with Crippen molar-refractivity contribution in [3.63, 3.8) is 0 Å². The average molecular weight is 417 g/mol. The zero-order chi connectivity index (χ0) is 18.0. The third kappa shape index (κ3) is 4.16. The molecule has 3 N–H and O–H groups in total. The number of hydrogen-bond donors (Lipinski definition) is 2. The lowest BCUT2D eigenvalue weighted by molar-refractivity contribution is 0.1000. The Hall–Kier alpha value is -1.71. The molecule has 1 unspecified atom stereocenters. The summed E-state index contributed by atoms with van der Waals surface area (Å²) in [4.78, 5) is 15.4. The van der Waals surface area contributed by atoms with E-state index in [1.807, 2.05) is 6.07 Å². The van der Waals surface area contributed by atoms with E-state index in [2.05, 4.69) is 10.3 Å². The summed E-state index contributed by atoms with van der Waals surface area (Å²) in [6.07, 6.45) is 3.28. The molecule has 0 saturated carbocycles. The number of nitrogens with one attached hydrogen (secondary N) is 1. The van der Waals surface area contributed by atoms with Crippen LogP contribution >= 0.6 is 24.0 Å². The molecule has 2 heterocycles. The van der Waals surface area contributed by atoms with Crippen molar-refractivity contribution in [1.29, 1.82) is 0 Å². The number of rotatable bonds is 4. The van der Waals surface area contributed by atoms with Crippen molar-refractivity contribution in [2.75, 3.05) is 19.6 Å². The molecule has 1 aliphatic rings. The summed E-state index contributed by atoms with van der Waals surface area (Å²) in [6, 6.07) is 7.12. The van der Waals surface area contributed by atoms with Gasteiger partial charge in [-0.1, -0.05) is 17.7 Å². The van der Waals surface area contributed by atoms with Crippen LogP contribution in [0.15, 0.2) is 47.6 Å². The molecule has 1 aromatic heterocycles. The van der Waals surface area contributed by atoms with E-state index < -0.39 is 22.0 Å². The van der Waals surface area contributed by atoms with Crippen LogP contribution in [0.1, 0.15) is 22.0 Å². The van der Waals surface area contributed by atoms with E-state index in [4.69, 9.17) is 17.3 Å². The second kappa shape index (κ2) is 8.32. The Kier molecular flexibility index (Phi) is 6.59. The van der Waals surface area contributed by atoms with Crippen molar-refractivity contribution in [2.45, 2.75) is 10.9 Å². The van der Waals surface area contributed by atoms with E-state index in [9.17, 15) is 13.2 Å². The van der Waals surface area contributed by atoms with Gasteiger partial charge in [0.2, 0.25) is 15.9 Å². The van der Waals surface area contributed by atoms with Crippen LogP contribution < -0.4 is 11.1 Å². The predicted molar refractivity (Wildman–Crippen MR) is 101 cm³/mol. The smallest absolute Gasteiger partial charge is 0.248 e. The number of piperazine rings is 1. The Bertz CT molecular complexity index is 894. The van der Waals surface area contributed by atoms with E-state index in [0.29, 0.717) is 19.6 Å². The van der Waals surface area contributed by atoms with Gasteiger partial charge in [-0.15, -0.1) is 12.4 Å². The van der Waals surface area contributed by atoms with E-state index in [0.717, 1.165) is 5.56 Å². The Balaban J connectivity index is 0.00000243. The molecule has 0 bridgehead atoms. The highest BCUT2D eigenvalue weighted by molar-refractivity contribution is 7.89. The van der Waals surface area contributed by atoms with Crippen LogP contribution in [0.3, 0.4) is 0 Å². The van der Waals surface area contributed by atoms with Crippen molar-refractivity contribution in [3.05, 3.63) is 58.9 Å². The molecule has 26 heavy (non-hydrogen) atoms. The number of carbonyl (C=O) groups is 1. The zero-order valence-electron chi connectivity index (χ0n) is 13.6. The van der Waals surface area contributed by atoms with Gasteiger partial charge in [0.1, 0.15) is 0 Å². The summed E-state index contributed by atoms with van der Waals surface area (Å²) in [5, 5.41) is 3.34. The number of halogens is 2. The van der Waals surface area contributed by atoms with Crippen LogP contribution in [0.5, 0.6) is 0 Å². The zero-order valence-corrected chi connectivity index (χ0v) is 16.0. The fourth-order valence-electron chi connectivity index (χ4n) is 2.82. The van der Waals surface area contributed by atoms with Crippen LogP contribution in [0.25, 0.3) is 0 Å². The average Bonchev–Trinajstić information content (AvgIpc) is 2.62. The SMILES string of the molecule is Cl.NC(=O)c1cc(Cl)cc(S(=O)(=O)N2CCNCC2c2cccnc2)c1. The van der Waals surface area contributed by atoms with Gasteiger partial charge < -0.3 is 11.1 Å². The maximum absolute atomic E-state index is 13.2. The second-order valence-corrected chi connectivity index (χ2v) is 7.99. The number of primary amides is 1. The second-order valence-electron chi connectivity index (χ2n) is 5.66. The molecule has 2 aromatic rings. The van der Waals surface area contributed by atoms with Crippen molar-refractivity contribution >= 4 is 39.9 Å². The quantitative estimate of drug-likeness (QED) is 0.786. The lowest BCUT2D eigenvalue weighted by Crippen LogP contribution is -2.48. The van der Waals surface area contributed by atoms with Crippen LogP contribution in [-0.4, -0.2) is 43.2 Å². The summed E-state index contributed by atoms with van der Waals surface area (Å²) >= 11 is 5.98. The Morgan fingerprint density at radius 2 is 2.12 bits per heavy atom. The van der Waals surface area contributed by atoms with Gasteiger partial charge >= 0.3 is 0 Å². The highest BCUT2D eigenvalue weighted by atomic mass is 35.5. The van der Waals surface area contributed by atoms with Gasteiger partial charge in [0.05, 0.1) is 10.9 Å². The molecule has 1 fully saturated rings. The van der Waals surface area contributed by atoms with Gasteiger partial charge in [-0.25, -0.2) is 8.42 Å². The molecule has 0 aliphatic carbocycles. The maximum Gasteiger partial charge on any atom is 0.248 e. The van der Waals surface area contributed by atoms with Crippen LogP contribution in [-0.2, 0) is 10.0 Å². The monoisotopic (exact) mass is 416 g/mol. The predicted octanol–water partition coefficient (Wildman–Crippen LogP) is 1.59. The summed E-state index contributed by atoms with van der Waals surface area (Å²) < 4.78 is 27.7. The number of sulfonamides is 1. The standard InChI is InChI=1S/C16H17ClN4O3S.ClH/c17-13-6-12(16(18)22)7-14(8-13)25(23,24)21-5-4-20-10-15(21)11-2-1-3-19-9-11;/h1-3,6-9,15,20H,4-5,10H2,(H2,18,22);1H. The summed E-state index contributed by atoms with van der Waals surface area (Å²) in [5.41, 5.74) is 6.11. The summed E-state index contributed by atoms with van der Waals surface area (Å²) in [6.45, 7) is 1.29. The minimum atomic E-state index is -3.86.